The molecule has 0 aliphatic heterocycles. The molecular weight excluding hydrogens is 296 g/mol. The average Bonchev–Trinajstić information content (AvgIpc) is 2.61. The van der Waals surface area contributed by atoms with Crippen LogP contribution < -0.4 is 5.32 Å². The molecule has 0 radical (unpaired) electrons. The number of benzene rings is 1. The average molecular weight is 311 g/mol. The van der Waals surface area contributed by atoms with Crippen molar-refractivity contribution in [2.45, 2.75) is 26.8 Å². The molecule has 1 aromatic heterocycles. The molecule has 0 fully saturated rings. The van der Waals surface area contributed by atoms with Gasteiger partial charge in [0.1, 0.15) is 0 Å². The fourth-order valence-electron chi connectivity index (χ4n) is 1.83. The maximum Gasteiger partial charge on any atom is 0.0900 e. The van der Waals surface area contributed by atoms with Crippen LogP contribution in [0.4, 0.5) is 5.69 Å². The van der Waals surface area contributed by atoms with Gasteiger partial charge in [0.05, 0.1) is 16.7 Å². The summed E-state index contributed by atoms with van der Waals surface area (Å²) in [6, 6.07) is 8.44. The van der Waals surface area contributed by atoms with E-state index < -0.39 is 0 Å². The first-order valence-corrected chi connectivity index (χ1v) is 7.14. The van der Waals surface area contributed by atoms with Crippen molar-refractivity contribution in [3.05, 3.63) is 44.3 Å². The largest absolute Gasteiger partial charge is 0.377 e. The van der Waals surface area contributed by atoms with E-state index in [0.29, 0.717) is 0 Å². The highest BCUT2D eigenvalue weighted by Crippen LogP contribution is 2.30. The molecule has 17 heavy (non-hydrogen) atoms. The number of nitrogens with one attached hydrogen (secondary N) is 1. The van der Waals surface area contributed by atoms with E-state index >= 15 is 0 Å². The first-order chi connectivity index (χ1) is 8.08. The van der Waals surface area contributed by atoms with Gasteiger partial charge in [0, 0.05) is 15.0 Å². The Morgan fingerprint density at radius 2 is 2.00 bits per heavy atom. The van der Waals surface area contributed by atoms with Gasteiger partial charge in [-0.3, -0.25) is 0 Å². The van der Waals surface area contributed by atoms with E-state index in [1.54, 1.807) is 11.3 Å². The summed E-state index contributed by atoms with van der Waals surface area (Å²) in [5.74, 6) is 0. The Kier molecular flexibility index (Phi) is 3.84. The molecule has 0 aliphatic carbocycles. The Bertz CT molecular complexity index is 522. The SMILES string of the molecule is Cc1nc(C)c(C(C)Nc2ccccc2Br)s1. The number of halogens is 1. The monoisotopic (exact) mass is 310 g/mol. The van der Waals surface area contributed by atoms with Crippen molar-refractivity contribution >= 4 is 33.0 Å². The summed E-state index contributed by atoms with van der Waals surface area (Å²) < 4.78 is 1.09. The van der Waals surface area contributed by atoms with Crippen LogP contribution in [0.25, 0.3) is 0 Å². The van der Waals surface area contributed by atoms with E-state index in [2.05, 4.69) is 46.1 Å². The number of rotatable bonds is 3. The van der Waals surface area contributed by atoms with Gasteiger partial charge in [-0.2, -0.15) is 0 Å². The molecule has 1 heterocycles. The van der Waals surface area contributed by atoms with Gasteiger partial charge in [-0.05, 0) is 48.8 Å². The topological polar surface area (TPSA) is 24.9 Å². The van der Waals surface area contributed by atoms with E-state index in [1.165, 1.54) is 4.88 Å². The molecule has 0 amide bonds. The van der Waals surface area contributed by atoms with E-state index in [4.69, 9.17) is 0 Å². The molecule has 1 unspecified atom stereocenters. The zero-order valence-electron chi connectivity index (χ0n) is 10.1. The van der Waals surface area contributed by atoms with Crippen molar-refractivity contribution in [1.82, 2.24) is 4.98 Å². The molecule has 1 atom stereocenters. The zero-order valence-corrected chi connectivity index (χ0v) is 12.5. The lowest BCUT2D eigenvalue weighted by Crippen LogP contribution is -2.06. The van der Waals surface area contributed by atoms with Crippen molar-refractivity contribution in [3.8, 4) is 0 Å². The maximum atomic E-state index is 4.46. The predicted molar refractivity (Wildman–Crippen MR) is 77.8 cm³/mol. The van der Waals surface area contributed by atoms with E-state index in [0.717, 1.165) is 20.9 Å². The fourth-order valence-corrected chi connectivity index (χ4v) is 3.15. The minimum absolute atomic E-state index is 0.278. The van der Waals surface area contributed by atoms with Crippen molar-refractivity contribution in [3.63, 3.8) is 0 Å². The van der Waals surface area contributed by atoms with Crippen LogP contribution in [0.15, 0.2) is 28.7 Å². The molecule has 2 aromatic rings. The van der Waals surface area contributed by atoms with Crippen LogP contribution in [0, 0.1) is 13.8 Å². The lowest BCUT2D eigenvalue weighted by Gasteiger charge is -2.15. The highest BCUT2D eigenvalue weighted by Gasteiger charge is 2.13. The van der Waals surface area contributed by atoms with E-state index in [-0.39, 0.29) is 6.04 Å². The highest BCUT2D eigenvalue weighted by atomic mass is 79.9. The second-order valence-electron chi connectivity index (χ2n) is 4.03. The van der Waals surface area contributed by atoms with Crippen LogP contribution in [-0.2, 0) is 0 Å². The number of nitrogens with zero attached hydrogens (tertiary/aromatic N) is 1. The second-order valence-corrected chi connectivity index (χ2v) is 6.12. The Balaban J connectivity index is 2.20. The lowest BCUT2D eigenvalue weighted by molar-refractivity contribution is 0.888. The number of aromatic nitrogens is 1. The number of hydrogen-bond donors (Lipinski definition) is 1. The number of aryl methyl sites for hydroxylation is 2. The van der Waals surface area contributed by atoms with Crippen LogP contribution in [-0.4, -0.2) is 4.98 Å². The Morgan fingerprint density at radius 3 is 2.59 bits per heavy atom. The minimum Gasteiger partial charge on any atom is -0.377 e. The minimum atomic E-state index is 0.278. The highest BCUT2D eigenvalue weighted by molar-refractivity contribution is 9.10. The van der Waals surface area contributed by atoms with Gasteiger partial charge < -0.3 is 5.32 Å². The Hall–Kier alpha value is -0.870. The molecule has 1 N–H and O–H groups in total. The number of anilines is 1. The summed E-state index contributed by atoms with van der Waals surface area (Å²) in [6.45, 7) is 6.28. The fraction of sp³-hybridized carbons (Fsp3) is 0.308. The summed E-state index contributed by atoms with van der Waals surface area (Å²) >= 11 is 5.30. The van der Waals surface area contributed by atoms with Crippen LogP contribution in [0.1, 0.15) is 28.5 Å². The standard InChI is InChI=1S/C13H15BrN2S/c1-8-13(17-10(3)15-8)9(2)16-12-7-5-4-6-11(12)14/h4-7,9,16H,1-3H3. The van der Waals surface area contributed by atoms with Gasteiger partial charge in [-0.15, -0.1) is 11.3 Å². The third-order valence-electron chi connectivity index (χ3n) is 2.58. The Morgan fingerprint density at radius 1 is 1.29 bits per heavy atom. The van der Waals surface area contributed by atoms with Crippen LogP contribution in [0.2, 0.25) is 0 Å². The van der Waals surface area contributed by atoms with Crippen molar-refractivity contribution < 1.29 is 0 Å². The van der Waals surface area contributed by atoms with Crippen molar-refractivity contribution in [2.24, 2.45) is 0 Å². The van der Waals surface area contributed by atoms with E-state index in [9.17, 15) is 0 Å². The third-order valence-corrected chi connectivity index (χ3v) is 4.53. The molecular formula is C13H15BrN2S. The van der Waals surface area contributed by atoms with Gasteiger partial charge in [-0.25, -0.2) is 4.98 Å². The van der Waals surface area contributed by atoms with Crippen molar-refractivity contribution in [2.75, 3.05) is 5.32 Å². The number of para-hydroxylation sites is 1. The Labute approximate surface area is 114 Å². The number of hydrogen-bond acceptors (Lipinski definition) is 3. The summed E-state index contributed by atoms with van der Waals surface area (Å²) in [5, 5.41) is 4.63. The zero-order chi connectivity index (χ0) is 12.4. The van der Waals surface area contributed by atoms with Crippen molar-refractivity contribution in [1.29, 1.82) is 0 Å². The molecule has 90 valence electrons. The summed E-state index contributed by atoms with van der Waals surface area (Å²) in [6.07, 6.45) is 0. The van der Waals surface area contributed by atoms with Gasteiger partial charge in [0.2, 0.25) is 0 Å². The summed E-state index contributed by atoms with van der Waals surface area (Å²) in [5.41, 5.74) is 2.24. The molecule has 4 heteroatoms. The molecule has 2 nitrogen and oxygen atoms in total. The first-order valence-electron chi connectivity index (χ1n) is 5.53. The van der Waals surface area contributed by atoms with Gasteiger partial charge in [0.15, 0.2) is 0 Å². The smallest absolute Gasteiger partial charge is 0.0900 e. The van der Waals surface area contributed by atoms with Gasteiger partial charge in [0.25, 0.3) is 0 Å². The quantitative estimate of drug-likeness (QED) is 0.889. The molecule has 1 aromatic carbocycles. The summed E-state index contributed by atoms with van der Waals surface area (Å²) in [7, 11) is 0. The third kappa shape index (κ3) is 2.87. The molecule has 2 rings (SSSR count). The molecule has 0 spiro atoms. The maximum absolute atomic E-state index is 4.46. The van der Waals surface area contributed by atoms with Gasteiger partial charge in [-0.1, -0.05) is 12.1 Å². The van der Waals surface area contributed by atoms with Gasteiger partial charge >= 0.3 is 0 Å². The van der Waals surface area contributed by atoms with Crippen LogP contribution in [0.5, 0.6) is 0 Å². The van der Waals surface area contributed by atoms with Crippen LogP contribution in [0.3, 0.4) is 0 Å². The number of thiazole rings is 1. The molecule has 0 aliphatic rings. The first kappa shape index (κ1) is 12.6. The van der Waals surface area contributed by atoms with E-state index in [1.807, 2.05) is 25.1 Å². The molecule has 0 saturated heterocycles. The molecule has 0 bridgehead atoms. The van der Waals surface area contributed by atoms with Crippen LogP contribution >= 0.6 is 27.3 Å². The normalized spacial score (nSPS) is 12.5. The summed E-state index contributed by atoms with van der Waals surface area (Å²) in [4.78, 5) is 5.77. The molecule has 0 saturated carbocycles. The predicted octanol–water partition coefficient (Wildman–Crippen LogP) is 4.70. The second kappa shape index (κ2) is 5.19. The lowest BCUT2D eigenvalue weighted by atomic mass is 10.2.